The van der Waals surface area contributed by atoms with Crippen LogP contribution in [0.3, 0.4) is 0 Å². The zero-order valence-electron chi connectivity index (χ0n) is 14.6. The van der Waals surface area contributed by atoms with E-state index in [0.717, 1.165) is 16.3 Å². The summed E-state index contributed by atoms with van der Waals surface area (Å²) < 4.78 is 38.9. The Morgan fingerprint density at radius 1 is 1.27 bits per heavy atom. The second-order valence-corrected chi connectivity index (χ2v) is 6.23. The van der Waals surface area contributed by atoms with E-state index in [2.05, 4.69) is 10.4 Å². The first-order valence-electron chi connectivity index (χ1n) is 8.07. The standard InChI is InChI=1S/C17H22F3N5O/c1-24(2)9-7-14(21)16(26)22-11-12-3-5-13(6-4-12)25-10-8-15(23-25)17(18,19)20/h3-6,8,10,14H,7,9,11,21H2,1-2H3,(H,22,26). The molecule has 142 valence electrons. The fraction of sp³-hybridized carbons (Fsp3) is 0.412. The fourth-order valence-corrected chi connectivity index (χ4v) is 2.23. The van der Waals surface area contributed by atoms with E-state index in [1.54, 1.807) is 24.3 Å². The molecule has 9 heteroatoms. The molecule has 1 heterocycles. The molecule has 0 saturated heterocycles. The topological polar surface area (TPSA) is 76.2 Å². The van der Waals surface area contributed by atoms with Crippen molar-refractivity contribution in [2.75, 3.05) is 20.6 Å². The molecule has 6 nitrogen and oxygen atoms in total. The zero-order valence-corrected chi connectivity index (χ0v) is 14.6. The van der Waals surface area contributed by atoms with Crippen molar-refractivity contribution in [1.29, 1.82) is 0 Å². The molecule has 1 amide bonds. The number of nitrogens with zero attached hydrogens (tertiary/aromatic N) is 3. The van der Waals surface area contributed by atoms with Crippen LogP contribution in [0.1, 0.15) is 17.7 Å². The van der Waals surface area contributed by atoms with Gasteiger partial charge >= 0.3 is 6.18 Å². The van der Waals surface area contributed by atoms with Gasteiger partial charge in [-0.2, -0.15) is 18.3 Å². The predicted molar refractivity (Wildman–Crippen MR) is 91.6 cm³/mol. The van der Waals surface area contributed by atoms with Gasteiger partial charge in [0.05, 0.1) is 11.7 Å². The maximum absolute atomic E-state index is 12.6. The third-order valence-electron chi connectivity index (χ3n) is 3.77. The van der Waals surface area contributed by atoms with Gasteiger partial charge in [0, 0.05) is 12.7 Å². The van der Waals surface area contributed by atoms with Crippen molar-refractivity contribution in [2.24, 2.45) is 5.73 Å². The average molecular weight is 369 g/mol. The van der Waals surface area contributed by atoms with Crippen molar-refractivity contribution >= 4 is 5.91 Å². The Balaban J connectivity index is 1.91. The molecule has 1 aromatic heterocycles. The number of alkyl halides is 3. The number of amides is 1. The van der Waals surface area contributed by atoms with E-state index in [4.69, 9.17) is 5.73 Å². The van der Waals surface area contributed by atoms with Gasteiger partial charge in [-0.15, -0.1) is 0 Å². The molecule has 0 aliphatic heterocycles. The predicted octanol–water partition coefficient (Wildman–Crippen LogP) is 1.79. The number of benzene rings is 1. The van der Waals surface area contributed by atoms with Crippen LogP contribution < -0.4 is 11.1 Å². The number of hydrogen-bond donors (Lipinski definition) is 2. The number of nitrogens with one attached hydrogen (secondary N) is 1. The summed E-state index contributed by atoms with van der Waals surface area (Å²) in [4.78, 5) is 13.9. The fourth-order valence-electron chi connectivity index (χ4n) is 2.23. The second-order valence-electron chi connectivity index (χ2n) is 6.23. The van der Waals surface area contributed by atoms with Gasteiger partial charge in [-0.3, -0.25) is 4.79 Å². The summed E-state index contributed by atoms with van der Waals surface area (Å²) in [5.74, 6) is -0.238. The Kier molecular flexibility index (Phi) is 6.38. The van der Waals surface area contributed by atoms with Crippen molar-refractivity contribution in [1.82, 2.24) is 20.0 Å². The molecule has 2 aromatic rings. The molecule has 0 aliphatic carbocycles. The second kappa shape index (κ2) is 8.33. The Labute approximate surface area is 149 Å². The first-order chi connectivity index (χ1) is 12.2. The van der Waals surface area contributed by atoms with Crippen LogP contribution in [-0.4, -0.2) is 47.3 Å². The van der Waals surface area contributed by atoms with E-state index in [1.807, 2.05) is 19.0 Å². The smallest absolute Gasteiger partial charge is 0.351 e. The highest BCUT2D eigenvalue weighted by Crippen LogP contribution is 2.27. The molecule has 0 fully saturated rings. The van der Waals surface area contributed by atoms with Gasteiger partial charge in [0.15, 0.2) is 5.69 Å². The van der Waals surface area contributed by atoms with Crippen LogP contribution in [0.15, 0.2) is 36.5 Å². The summed E-state index contributed by atoms with van der Waals surface area (Å²) >= 11 is 0. The molecule has 1 atom stereocenters. The van der Waals surface area contributed by atoms with E-state index in [-0.39, 0.29) is 5.91 Å². The summed E-state index contributed by atoms with van der Waals surface area (Å²) in [6.45, 7) is 1.01. The molecule has 0 spiro atoms. The van der Waals surface area contributed by atoms with Gasteiger partial charge in [-0.05, 0) is 50.8 Å². The van der Waals surface area contributed by atoms with Crippen LogP contribution in [0.5, 0.6) is 0 Å². The van der Waals surface area contributed by atoms with Crippen molar-refractivity contribution in [3.8, 4) is 5.69 Å². The van der Waals surface area contributed by atoms with Crippen molar-refractivity contribution < 1.29 is 18.0 Å². The van der Waals surface area contributed by atoms with Crippen LogP contribution >= 0.6 is 0 Å². The molecule has 3 N–H and O–H groups in total. The molecule has 1 unspecified atom stereocenters. The first-order valence-corrected chi connectivity index (χ1v) is 8.07. The normalized spacial score (nSPS) is 13.0. The maximum atomic E-state index is 12.6. The number of rotatable bonds is 7. The van der Waals surface area contributed by atoms with Gasteiger partial charge in [-0.1, -0.05) is 12.1 Å². The molecular formula is C17H22F3N5O. The number of carbonyl (C=O) groups is 1. The summed E-state index contributed by atoms with van der Waals surface area (Å²) in [5.41, 5.74) is 6.19. The number of aromatic nitrogens is 2. The Bertz CT molecular complexity index is 725. The Hall–Kier alpha value is -2.39. The SMILES string of the molecule is CN(C)CCC(N)C(=O)NCc1ccc(-n2ccc(C(F)(F)F)n2)cc1. The first kappa shape index (κ1) is 19.9. The minimum atomic E-state index is -4.47. The largest absolute Gasteiger partial charge is 0.435 e. The summed E-state index contributed by atoms with van der Waals surface area (Å²) in [7, 11) is 3.81. The lowest BCUT2D eigenvalue weighted by atomic mass is 10.1. The zero-order chi connectivity index (χ0) is 19.3. The molecule has 0 saturated carbocycles. The number of halogens is 3. The Morgan fingerprint density at radius 3 is 2.46 bits per heavy atom. The van der Waals surface area contributed by atoms with E-state index < -0.39 is 17.9 Å². The van der Waals surface area contributed by atoms with Crippen molar-refractivity contribution in [2.45, 2.75) is 25.2 Å². The van der Waals surface area contributed by atoms with Gasteiger partial charge in [-0.25, -0.2) is 4.68 Å². The summed E-state index contributed by atoms with van der Waals surface area (Å²) in [6, 6.07) is 7.05. The quantitative estimate of drug-likeness (QED) is 0.780. The number of nitrogens with two attached hydrogens (primary N) is 1. The molecular weight excluding hydrogens is 347 g/mol. The lowest BCUT2D eigenvalue weighted by molar-refractivity contribution is -0.141. The third kappa shape index (κ3) is 5.57. The van der Waals surface area contributed by atoms with Crippen LogP contribution in [0.2, 0.25) is 0 Å². The molecule has 0 radical (unpaired) electrons. The average Bonchev–Trinajstić information content (AvgIpc) is 3.08. The van der Waals surface area contributed by atoms with E-state index >= 15 is 0 Å². The van der Waals surface area contributed by atoms with Crippen LogP contribution in [0, 0.1) is 0 Å². The van der Waals surface area contributed by atoms with Gasteiger partial charge in [0.25, 0.3) is 0 Å². The maximum Gasteiger partial charge on any atom is 0.435 e. The minimum Gasteiger partial charge on any atom is -0.351 e. The van der Waals surface area contributed by atoms with Gasteiger partial charge < -0.3 is 16.0 Å². The van der Waals surface area contributed by atoms with Gasteiger partial charge in [0.1, 0.15) is 0 Å². The lowest BCUT2D eigenvalue weighted by Crippen LogP contribution is -2.41. The Morgan fingerprint density at radius 2 is 1.92 bits per heavy atom. The van der Waals surface area contributed by atoms with Crippen molar-refractivity contribution in [3.05, 3.63) is 47.8 Å². The summed E-state index contributed by atoms with van der Waals surface area (Å²) in [6.07, 6.45) is -2.66. The van der Waals surface area contributed by atoms with Crippen LogP contribution in [0.25, 0.3) is 5.69 Å². The molecule has 1 aromatic carbocycles. The van der Waals surface area contributed by atoms with Crippen LogP contribution in [0.4, 0.5) is 13.2 Å². The van der Waals surface area contributed by atoms with Crippen molar-refractivity contribution in [3.63, 3.8) is 0 Å². The minimum absolute atomic E-state index is 0.238. The molecule has 0 bridgehead atoms. The van der Waals surface area contributed by atoms with E-state index in [9.17, 15) is 18.0 Å². The molecule has 2 rings (SSSR count). The highest BCUT2D eigenvalue weighted by Gasteiger charge is 2.33. The highest BCUT2D eigenvalue weighted by atomic mass is 19.4. The summed E-state index contributed by atoms with van der Waals surface area (Å²) in [5, 5.41) is 6.27. The van der Waals surface area contributed by atoms with E-state index in [1.165, 1.54) is 6.20 Å². The lowest BCUT2D eigenvalue weighted by Gasteiger charge is -2.15. The molecule has 26 heavy (non-hydrogen) atoms. The van der Waals surface area contributed by atoms with Gasteiger partial charge in [0.2, 0.25) is 5.91 Å². The third-order valence-corrected chi connectivity index (χ3v) is 3.77. The number of hydrogen-bond acceptors (Lipinski definition) is 4. The highest BCUT2D eigenvalue weighted by molar-refractivity contribution is 5.81. The monoisotopic (exact) mass is 369 g/mol. The van der Waals surface area contributed by atoms with Crippen LogP contribution in [-0.2, 0) is 17.5 Å². The number of carbonyl (C=O) groups excluding carboxylic acids is 1. The van der Waals surface area contributed by atoms with E-state index in [0.29, 0.717) is 25.2 Å². The molecule has 0 aliphatic rings.